The Morgan fingerprint density at radius 2 is 2.00 bits per heavy atom. The van der Waals surface area contributed by atoms with Crippen LogP contribution in [0, 0.1) is 0 Å². The van der Waals surface area contributed by atoms with Gasteiger partial charge in [-0.25, -0.2) is 9.97 Å². The van der Waals surface area contributed by atoms with Crippen molar-refractivity contribution in [2.45, 2.75) is 37.8 Å². The van der Waals surface area contributed by atoms with E-state index in [1.807, 2.05) is 16.8 Å². The van der Waals surface area contributed by atoms with Crippen molar-refractivity contribution >= 4 is 6.08 Å². The van der Waals surface area contributed by atoms with Gasteiger partial charge < -0.3 is 15.0 Å². The molecule has 0 amide bonds. The van der Waals surface area contributed by atoms with E-state index >= 15 is 0 Å². The van der Waals surface area contributed by atoms with Crippen LogP contribution in [0.25, 0.3) is 23.2 Å². The molecule has 0 radical (unpaired) electrons. The Kier molecular flexibility index (Phi) is 3.94. The molecule has 1 aromatic carbocycles. The molecule has 2 aliphatic rings. The predicted octanol–water partition coefficient (Wildman–Crippen LogP) is 2.73. The average molecular weight is 360 g/mol. The summed E-state index contributed by atoms with van der Waals surface area (Å²) in [5.41, 5.74) is 3.57. The topological polar surface area (TPSA) is 88.8 Å². The van der Waals surface area contributed by atoms with Crippen molar-refractivity contribution in [3.8, 4) is 22.8 Å². The van der Waals surface area contributed by atoms with Crippen LogP contribution in [0.1, 0.15) is 31.4 Å². The standard InChI is InChI=1S/C20H20N6O/c27-19-10-17(26-6-5-21-12-26)3-4-18(19)20-22-11-16(24-25-20)9-13-7-14-1-2-15(8-13)23-14/h3-6,9-12,14-15,23,27H,1-2,7-8H2/b13-9-/t14?,15-/m0/s1. The van der Waals surface area contributed by atoms with Crippen LogP contribution >= 0.6 is 0 Å². The van der Waals surface area contributed by atoms with Gasteiger partial charge in [-0.2, -0.15) is 0 Å². The summed E-state index contributed by atoms with van der Waals surface area (Å²) in [7, 11) is 0. The van der Waals surface area contributed by atoms with Crippen LogP contribution < -0.4 is 5.32 Å². The minimum Gasteiger partial charge on any atom is -0.507 e. The highest BCUT2D eigenvalue weighted by Gasteiger charge is 2.30. The number of nitrogens with zero attached hydrogens (tertiary/aromatic N) is 5. The first kappa shape index (κ1) is 16.1. The first-order chi connectivity index (χ1) is 13.2. The number of aromatic hydroxyl groups is 1. The Hall–Kier alpha value is -3.06. The summed E-state index contributed by atoms with van der Waals surface area (Å²) in [5, 5.41) is 22.5. The number of piperidine rings is 1. The number of aromatic nitrogens is 5. The molecule has 2 fully saturated rings. The smallest absolute Gasteiger partial charge is 0.185 e. The third-order valence-corrected chi connectivity index (χ3v) is 5.31. The number of hydrogen-bond acceptors (Lipinski definition) is 6. The molecule has 7 heteroatoms. The Labute approximate surface area is 156 Å². The largest absolute Gasteiger partial charge is 0.507 e. The SMILES string of the molecule is Oc1cc(-n2ccnc2)ccc1-c1ncc(/C=C2/CC3CC[C@@H](C2)N3)nn1. The number of benzene rings is 1. The molecule has 2 aliphatic heterocycles. The fraction of sp³-hybridized carbons (Fsp3) is 0.300. The summed E-state index contributed by atoms with van der Waals surface area (Å²) >= 11 is 0. The number of fused-ring (bicyclic) bond motifs is 2. The third-order valence-electron chi connectivity index (χ3n) is 5.31. The first-order valence-corrected chi connectivity index (χ1v) is 9.21. The van der Waals surface area contributed by atoms with Crippen LogP contribution in [0.2, 0.25) is 0 Å². The van der Waals surface area contributed by atoms with Crippen LogP contribution in [0.5, 0.6) is 5.75 Å². The highest BCUT2D eigenvalue weighted by atomic mass is 16.3. The molecule has 1 unspecified atom stereocenters. The fourth-order valence-corrected chi connectivity index (χ4v) is 4.02. The maximum atomic E-state index is 10.4. The Balaban J connectivity index is 1.37. The number of rotatable bonds is 3. The van der Waals surface area contributed by atoms with Gasteiger partial charge in [0, 0.05) is 30.5 Å². The van der Waals surface area contributed by atoms with Crippen molar-refractivity contribution in [1.82, 2.24) is 30.0 Å². The van der Waals surface area contributed by atoms with Gasteiger partial charge in [0.1, 0.15) is 11.4 Å². The molecule has 4 heterocycles. The fourth-order valence-electron chi connectivity index (χ4n) is 4.02. The van der Waals surface area contributed by atoms with Gasteiger partial charge in [0.05, 0.1) is 23.8 Å². The molecule has 2 bridgehead atoms. The molecule has 0 spiro atoms. The van der Waals surface area contributed by atoms with Crippen molar-refractivity contribution in [1.29, 1.82) is 0 Å². The molecule has 2 aromatic heterocycles. The van der Waals surface area contributed by atoms with E-state index in [2.05, 4.69) is 31.6 Å². The van der Waals surface area contributed by atoms with Gasteiger partial charge in [-0.1, -0.05) is 5.57 Å². The second kappa shape index (κ2) is 6.59. The van der Waals surface area contributed by atoms with E-state index in [-0.39, 0.29) is 5.75 Å². The molecule has 0 aliphatic carbocycles. The zero-order valence-electron chi connectivity index (χ0n) is 14.8. The Bertz CT molecular complexity index is 966. The van der Waals surface area contributed by atoms with Gasteiger partial charge in [0.2, 0.25) is 0 Å². The van der Waals surface area contributed by atoms with E-state index in [0.717, 1.165) is 24.2 Å². The maximum absolute atomic E-state index is 10.4. The van der Waals surface area contributed by atoms with Crippen molar-refractivity contribution < 1.29 is 5.11 Å². The van der Waals surface area contributed by atoms with Crippen molar-refractivity contribution in [3.05, 3.63) is 54.4 Å². The molecule has 7 nitrogen and oxygen atoms in total. The van der Waals surface area contributed by atoms with Crippen molar-refractivity contribution in [3.63, 3.8) is 0 Å². The minimum absolute atomic E-state index is 0.115. The minimum atomic E-state index is 0.115. The molecule has 2 saturated heterocycles. The second-order valence-corrected chi connectivity index (χ2v) is 7.23. The molecule has 2 N–H and O–H groups in total. The molecular weight excluding hydrogens is 340 g/mol. The average Bonchev–Trinajstić information content (AvgIpc) is 3.32. The van der Waals surface area contributed by atoms with Crippen molar-refractivity contribution in [2.75, 3.05) is 0 Å². The predicted molar refractivity (Wildman–Crippen MR) is 101 cm³/mol. The molecule has 27 heavy (non-hydrogen) atoms. The van der Waals surface area contributed by atoms with Crippen molar-refractivity contribution in [2.24, 2.45) is 0 Å². The van der Waals surface area contributed by atoms with Gasteiger partial charge >= 0.3 is 0 Å². The van der Waals surface area contributed by atoms with Gasteiger partial charge in [0.25, 0.3) is 0 Å². The molecule has 5 rings (SSSR count). The number of nitrogens with one attached hydrogen (secondary N) is 1. The third kappa shape index (κ3) is 3.21. The second-order valence-electron chi connectivity index (χ2n) is 7.23. The summed E-state index contributed by atoms with van der Waals surface area (Å²) in [6.45, 7) is 0. The quantitative estimate of drug-likeness (QED) is 0.747. The Morgan fingerprint density at radius 1 is 1.15 bits per heavy atom. The van der Waals surface area contributed by atoms with Crippen LogP contribution in [0.15, 0.2) is 48.7 Å². The van der Waals surface area contributed by atoms with Gasteiger partial charge in [0.15, 0.2) is 5.82 Å². The maximum Gasteiger partial charge on any atom is 0.185 e. The monoisotopic (exact) mass is 360 g/mol. The highest BCUT2D eigenvalue weighted by molar-refractivity contribution is 5.66. The lowest BCUT2D eigenvalue weighted by molar-refractivity contribution is 0.475. The number of phenols is 1. The van der Waals surface area contributed by atoms with Crippen LogP contribution in [-0.4, -0.2) is 41.9 Å². The van der Waals surface area contributed by atoms with Crippen LogP contribution in [0.4, 0.5) is 0 Å². The summed E-state index contributed by atoms with van der Waals surface area (Å²) in [6, 6.07) is 6.58. The summed E-state index contributed by atoms with van der Waals surface area (Å²) in [6.07, 6.45) is 13.7. The van der Waals surface area contributed by atoms with E-state index in [1.54, 1.807) is 30.9 Å². The molecule has 0 saturated carbocycles. The molecule has 136 valence electrons. The lowest BCUT2D eigenvalue weighted by Crippen LogP contribution is -2.34. The van der Waals surface area contributed by atoms with Gasteiger partial charge in [-0.05, 0) is 43.9 Å². The van der Waals surface area contributed by atoms with E-state index in [0.29, 0.717) is 23.5 Å². The van der Waals surface area contributed by atoms with Crippen LogP contribution in [0.3, 0.4) is 0 Å². The molecule has 3 aromatic rings. The van der Waals surface area contributed by atoms with E-state index < -0.39 is 0 Å². The highest BCUT2D eigenvalue weighted by Crippen LogP contribution is 2.32. The summed E-state index contributed by atoms with van der Waals surface area (Å²) in [5.74, 6) is 0.529. The zero-order chi connectivity index (χ0) is 18.2. The van der Waals surface area contributed by atoms with E-state index in [9.17, 15) is 5.11 Å². The first-order valence-electron chi connectivity index (χ1n) is 9.21. The normalized spacial score (nSPS) is 23.0. The summed E-state index contributed by atoms with van der Waals surface area (Å²) in [4.78, 5) is 8.43. The lowest BCUT2D eigenvalue weighted by Gasteiger charge is -2.23. The molecular formula is C20H20N6O. The zero-order valence-corrected chi connectivity index (χ0v) is 14.8. The lowest BCUT2D eigenvalue weighted by atomic mass is 9.98. The number of phenolic OH excluding ortho intramolecular Hbond substituents is 1. The number of imidazole rings is 1. The van der Waals surface area contributed by atoms with E-state index in [4.69, 9.17) is 0 Å². The molecule has 2 atom stereocenters. The van der Waals surface area contributed by atoms with Gasteiger partial charge in [-0.15, -0.1) is 10.2 Å². The Morgan fingerprint density at radius 3 is 2.67 bits per heavy atom. The van der Waals surface area contributed by atoms with Gasteiger partial charge in [-0.3, -0.25) is 0 Å². The summed E-state index contributed by atoms with van der Waals surface area (Å²) < 4.78 is 1.82. The van der Waals surface area contributed by atoms with E-state index in [1.165, 1.54) is 18.4 Å². The number of hydrogen-bond donors (Lipinski definition) is 2. The van der Waals surface area contributed by atoms with Crippen LogP contribution in [-0.2, 0) is 0 Å².